The number of benzene rings is 3. The number of aromatic carboxylic acids is 1. The van der Waals surface area contributed by atoms with Crippen molar-refractivity contribution < 1.29 is 14.7 Å². The Morgan fingerprint density at radius 1 is 1.00 bits per heavy atom. The van der Waals surface area contributed by atoms with Gasteiger partial charge in [-0.2, -0.15) is 0 Å². The van der Waals surface area contributed by atoms with E-state index in [0.717, 1.165) is 42.6 Å². The number of carboxylic acid groups (broad SMARTS) is 1. The van der Waals surface area contributed by atoms with Crippen molar-refractivity contribution in [2.24, 2.45) is 0 Å². The molecule has 2 amide bonds. The van der Waals surface area contributed by atoms with E-state index in [9.17, 15) is 14.7 Å². The number of anilines is 3. The van der Waals surface area contributed by atoms with Crippen LogP contribution in [0.3, 0.4) is 0 Å². The Morgan fingerprint density at radius 2 is 1.76 bits per heavy atom. The van der Waals surface area contributed by atoms with E-state index in [1.807, 2.05) is 55.5 Å². The van der Waals surface area contributed by atoms with Crippen LogP contribution in [-0.2, 0) is 0 Å². The molecule has 1 saturated heterocycles. The van der Waals surface area contributed by atoms with Crippen LogP contribution in [0.25, 0.3) is 11.1 Å². The number of nitrogens with zero attached hydrogens (tertiary/aromatic N) is 1. The summed E-state index contributed by atoms with van der Waals surface area (Å²) in [4.78, 5) is 27.1. The third-order valence-corrected chi connectivity index (χ3v) is 6.43. The molecule has 0 radical (unpaired) electrons. The average molecular weight is 458 g/mol. The highest BCUT2D eigenvalue weighted by Gasteiger charge is 2.24. The normalized spacial score (nSPS) is 15.6. The molecule has 0 aromatic heterocycles. The van der Waals surface area contributed by atoms with Gasteiger partial charge in [-0.05, 0) is 74.1 Å². The molecule has 0 spiro atoms. The molecule has 1 fully saturated rings. The highest BCUT2D eigenvalue weighted by molar-refractivity contribution is 6.03. The van der Waals surface area contributed by atoms with E-state index >= 15 is 0 Å². The Kier molecular flexibility index (Phi) is 7.16. The van der Waals surface area contributed by atoms with Crippen molar-refractivity contribution in [3.63, 3.8) is 0 Å². The Hall–Kier alpha value is -3.80. The van der Waals surface area contributed by atoms with Gasteiger partial charge in [0.2, 0.25) is 0 Å². The number of amides is 2. The molecule has 0 bridgehead atoms. The number of aryl methyl sites for hydroxylation is 1. The molecule has 176 valence electrons. The van der Waals surface area contributed by atoms with Gasteiger partial charge in [-0.15, -0.1) is 0 Å². The highest BCUT2D eigenvalue weighted by atomic mass is 16.4. The predicted octanol–water partition coefficient (Wildman–Crippen LogP) is 6.77. The van der Waals surface area contributed by atoms with Crippen LogP contribution in [0, 0.1) is 6.92 Å². The number of hydrogen-bond donors (Lipinski definition) is 3. The van der Waals surface area contributed by atoms with Gasteiger partial charge in [0.05, 0.1) is 16.9 Å². The summed E-state index contributed by atoms with van der Waals surface area (Å²) in [7, 11) is 0. The van der Waals surface area contributed by atoms with Gasteiger partial charge in [0.1, 0.15) is 0 Å². The predicted molar refractivity (Wildman–Crippen MR) is 138 cm³/mol. The van der Waals surface area contributed by atoms with E-state index in [-0.39, 0.29) is 11.6 Å². The molecule has 4 rings (SSSR count). The zero-order chi connectivity index (χ0) is 24.1. The molecule has 3 N–H and O–H groups in total. The van der Waals surface area contributed by atoms with Crippen molar-refractivity contribution in [2.45, 2.75) is 45.6 Å². The second-order valence-electron chi connectivity index (χ2n) is 8.78. The highest BCUT2D eigenvalue weighted by Crippen LogP contribution is 2.36. The van der Waals surface area contributed by atoms with Crippen LogP contribution in [-0.4, -0.2) is 29.7 Å². The lowest BCUT2D eigenvalue weighted by Crippen LogP contribution is -2.39. The van der Waals surface area contributed by atoms with E-state index in [1.54, 1.807) is 18.2 Å². The Bertz CT molecular complexity index is 1170. The van der Waals surface area contributed by atoms with E-state index in [2.05, 4.69) is 22.5 Å². The van der Waals surface area contributed by atoms with E-state index in [1.165, 1.54) is 6.42 Å². The minimum Gasteiger partial charge on any atom is -0.478 e. The lowest BCUT2D eigenvalue weighted by molar-refractivity contribution is 0.0697. The maximum atomic E-state index is 12.9. The van der Waals surface area contributed by atoms with E-state index in [4.69, 9.17) is 0 Å². The van der Waals surface area contributed by atoms with Crippen molar-refractivity contribution >= 4 is 29.1 Å². The number of urea groups is 1. The summed E-state index contributed by atoms with van der Waals surface area (Å²) in [5.74, 6) is -0.978. The van der Waals surface area contributed by atoms with Gasteiger partial charge in [-0.25, -0.2) is 9.59 Å². The molecule has 1 aliphatic rings. The molecular weight excluding hydrogens is 426 g/mol. The van der Waals surface area contributed by atoms with Crippen LogP contribution in [0.4, 0.5) is 21.9 Å². The van der Waals surface area contributed by atoms with Gasteiger partial charge < -0.3 is 20.6 Å². The number of rotatable bonds is 6. The number of hydrogen-bond acceptors (Lipinski definition) is 3. The van der Waals surface area contributed by atoms with Gasteiger partial charge in [0, 0.05) is 18.3 Å². The summed E-state index contributed by atoms with van der Waals surface area (Å²) in [6.07, 6.45) is 4.46. The largest absolute Gasteiger partial charge is 0.478 e. The lowest BCUT2D eigenvalue weighted by Gasteiger charge is -2.38. The fraction of sp³-hybridized carbons (Fsp3) is 0.286. The molecule has 0 aliphatic carbocycles. The monoisotopic (exact) mass is 457 g/mol. The van der Waals surface area contributed by atoms with Crippen molar-refractivity contribution in [3.8, 4) is 11.1 Å². The fourth-order valence-corrected chi connectivity index (χ4v) is 4.64. The Morgan fingerprint density at radius 3 is 2.50 bits per heavy atom. The quantitative estimate of drug-likeness (QED) is 0.381. The minimum atomic E-state index is -0.978. The van der Waals surface area contributed by atoms with Crippen LogP contribution >= 0.6 is 0 Å². The molecule has 1 unspecified atom stereocenters. The maximum absolute atomic E-state index is 12.9. The summed E-state index contributed by atoms with van der Waals surface area (Å²) in [6.45, 7) is 5.12. The first kappa shape index (κ1) is 23.4. The molecule has 34 heavy (non-hydrogen) atoms. The maximum Gasteiger partial charge on any atom is 0.336 e. The van der Waals surface area contributed by atoms with Crippen LogP contribution in [0.15, 0.2) is 66.7 Å². The van der Waals surface area contributed by atoms with Crippen molar-refractivity contribution in [2.75, 3.05) is 22.1 Å². The Labute approximate surface area is 200 Å². The zero-order valence-electron chi connectivity index (χ0n) is 19.7. The van der Waals surface area contributed by atoms with Crippen LogP contribution in [0.2, 0.25) is 0 Å². The summed E-state index contributed by atoms with van der Waals surface area (Å²) in [6, 6.07) is 20.5. The number of carbonyl (C=O) groups excluding carboxylic acids is 1. The van der Waals surface area contributed by atoms with Crippen molar-refractivity contribution in [1.29, 1.82) is 0 Å². The van der Waals surface area contributed by atoms with Gasteiger partial charge in [0.25, 0.3) is 0 Å². The van der Waals surface area contributed by atoms with Crippen molar-refractivity contribution in [3.05, 3.63) is 77.9 Å². The molecule has 3 aromatic carbocycles. The third kappa shape index (κ3) is 5.22. The molecule has 0 saturated carbocycles. The van der Waals surface area contributed by atoms with Gasteiger partial charge >= 0.3 is 12.0 Å². The standard InChI is InChI=1S/C28H31N3O3/c1-3-22-8-6-7-17-31(22)26-16-13-20(23-9-4-5-10-24(23)27(32)33)18-25(26)30-28(34)29-21-14-11-19(2)12-15-21/h4-5,9-16,18,22H,3,6-8,17H2,1-2H3,(H,32,33)(H2,29,30,34). The van der Waals surface area contributed by atoms with Gasteiger partial charge in [-0.1, -0.05) is 48.9 Å². The first-order valence-electron chi connectivity index (χ1n) is 11.8. The summed E-state index contributed by atoms with van der Waals surface area (Å²) in [5.41, 5.74) is 5.06. The molecule has 6 nitrogen and oxygen atoms in total. The zero-order valence-corrected chi connectivity index (χ0v) is 19.7. The summed E-state index contributed by atoms with van der Waals surface area (Å²) < 4.78 is 0. The van der Waals surface area contributed by atoms with E-state index in [0.29, 0.717) is 23.0 Å². The molecule has 1 heterocycles. The van der Waals surface area contributed by atoms with Gasteiger partial charge in [0.15, 0.2) is 0 Å². The van der Waals surface area contributed by atoms with Crippen molar-refractivity contribution in [1.82, 2.24) is 0 Å². The summed E-state index contributed by atoms with van der Waals surface area (Å²) in [5, 5.41) is 15.6. The van der Waals surface area contributed by atoms with E-state index < -0.39 is 5.97 Å². The number of carboxylic acids is 1. The third-order valence-electron chi connectivity index (χ3n) is 6.43. The van der Waals surface area contributed by atoms with Crippen LogP contribution in [0.5, 0.6) is 0 Å². The number of piperidine rings is 1. The smallest absolute Gasteiger partial charge is 0.336 e. The first-order chi connectivity index (χ1) is 16.5. The Balaban J connectivity index is 1.71. The fourth-order valence-electron chi connectivity index (χ4n) is 4.64. The average Bonchev–Trinajstić information content (AvgIpc) is 2.85. The number of carbonyl (C=O) groups is 2. The molecule has 1 aliphatic heterocycles. The first-order valence-corrected chi connectivity index (χ1v) is 11.8. The van der Waals surface area contributed by atoms with Crippen LogP contribution in [0.1, 0.15) is 48.5 Å². The second kappa shape index (κ2) is 10.4. The molecule has 3 aromatic rings. The number of nitrogens with one attached hydrogen (secondary N) is 2. The molecule has 6 heteroatoms. The van der Waals surface area contributed by atoms with Crippen LogP contribution < -0.4 is 15.5 Å². The molecule has 1 atom stereocenters. The minimum absolute atomic E-state index is 0.231. The topological polar surface area (TPSA) is 81.7 Å². The summed E-state index contributed by atoms with van der Waals surface area (Å²) >= 11 is 0. The SMILES string of the molecule is CCC1CCCCN1c1ccc(-c2ccccc2C(=O)O)cc1NC(=O)Nc1ccc(C)cc1. The molecular formula is C28H31N3O3. The second-order valence-corrected chi connectivity index (χ2v) is 8.78. The van der Waals surface area contributed by atoms with Gasteiger partial charge in [-0.3, -0.25) is 0 Å². The lowest BCUT2D eigenvalue weighted by atomic mass is 9.96.